The van der Waals surface area contributed by atoms with Gasteiger partial charge in [0.2, 0.25) is 5.91 Å². The number of hydrogen-bond donors (Lipinski definition) is 3. The number of ether oxygens (including phenoxy) is 2. The molecule has 2 rings (SSSR count). The minimum atomic E-state index is -0.752. The zero-order valence-corrected chi connectivity index (χ0v) is 16.6. The Kier molecular flexibility index (Phi) is 9.36. The van der Waals surface area contributed by atoms with Gasteiger partial charge in [0.05, 0.1) is 24.2 Å². The molecule has 1 aliphatic rings. The molecule has 1 fully saturated rings. The molecule has 1 atom stereocenters. The van der Waals surface area contributed by atoms with Crippen LogP contribution in [0, 0.1) is 5.41 Å². The molecular weight excluding hydrogens is 356 g/mol. The zero-order chi connectivity index (χ0) is 18.3. The molecular formula is C19H31ClN2O4. The molecule has 0 saturated carbocycles. The lowest BCUT2D eigenvalue weighted by Crippen LogP contribution is -2.50. The Bertz CT molecular complexity index is 539. The van der Waals surface area contributed by atoms with E-state index in [1.807, 2.05) is 38.1 Å². The lowest BCUT2D eigenvalue weighted by atomic mass is 9.78. The third kappa shape index (κ3) is 6.13. The highest BCUT2D eigenvalue weighted by Gasteiger charge is 2.39. The number of hydrogen-bond acceptors (Lipinski definition) is 5. The van der Waals surface area contributed by atoms with Crippen molar-refractivity contribution in [3.8, 4) is 5.75 Å². The first-order valence-corrected chi connectivity index (χ1v) is 8.89. The quantitative estimate of drug-likeness (QED) is 0.637. The SMILES string of the molecule is COCC1(C(=O)NCC(O)c2ccc(OC(C)C)cc2)CCNCC1.Cl. The molecule has 0 bridgehead atoms. The summed E-state index contributed by atoms with van der Waals surface area (Å²) < 4.78 is 10.9. The van der Waals surface area contributed by atoms with Crippen molar-refractivity contribution in [3.05, 3.63) is 29.8 Å². The second-order valence-corrected chi connectivity index (χ2v) is 6.92. The van der Waals surface area contributed by atoms with Gasteiger partial charge in [-0.1, -0.05) is 12.1 Å². The van der Waals surface area contributed by atoms with Crippen molar-refractivity contribution in [3.63, 3.8) is 0 Å². The van der Waals surface area contributed by atoms with Crippen LogP contribution in [0.2, 0.25) is 0 Å². The van der Waals surface area contributed by atoms with E-state index in [0.29, 0.717) is 6.61 Å². The number of halogens is 1. The zero-order valence-electron chi connectivity index (χ0n) is 15.8. The smallest absolute Gasteiger partial charge is 0.228 e. The highest BCUT2D eigenvalue weighted by molar-refractivity contribution is 5.85. The largest absolute Gasteiger partial charge is 0.491 e. The predicted molar refractivity (Wildman–Crippen MR) is 104 cm³/mol. The van der Waals surface area contributed by atoms with Crippen LogP contribution in [0.25, 0.3) is 0 Å². The van der Waals surface area contributed by atoms with Gasteiger partial charge in [-0.2, -0.15) is 0 Å². The summed E-state index contributed by atoms with van der Waals surface area (Å²) in [6.45, 7) is 6.12. The van der Waals surface area contributed by atoms with Gasteiger partial charge in [-0.05, 0) is 57.5 Å². The van der Waals surface area contributed by atoms with Gasteiger partial charge in [0.15, 0.2) is 0 Å². The molecule has 0 aliphatic carbocycles. The third-order valence-corrected chi connectivity index (χ3v) is 4.56. The average molecular weight is 387 g/mol. The molecule has 7 heteroatoms. The van der Waals surface area contributed by atoms with Gasteiger partial charge in [-0.25, -0.2) is 0 Å². The van der Waals surface area contributed by atoms with Crippen molar-refractivity contribution in [2.45, 2.75) is 38.9 Å². The van der Waals surface area contributed by atoms with Crippen LogP contribution >= 0.6 is 12.4 Å². The molecule has 3 N–H and O–H groups in total. The Hall–Kier alpha value is -1.34. The van der Waals surface area contributed by atoms with E-state index in [4.69, 9.17) is 9.47 Å². The summed E-state index contributed by atoms with van der Waals surface area (Å²) in [6, 6.07) is 7.31. The van der Waals surface area contributed by atoms with Crippen LogP contribution in [0.3, 0.4) is 0 Å². The van der Waals surface area contributed by atoms with Gasteiger partial charge in [0.25, 0.3) is 0 Å². The molecule has 6 nitrogen and oxygen atoms in total. The molecule has 26 heavy (non-hydrogen) atoms. The fourth-order valence-electron chi connectivity index (χ4n) is 3.15. The van der Waals surface area contributed by atoms with Gasteiger partial charge in [0, 0.05) is 13.7 Å². The molecule has 0 radical (unpaired) electrons. The fourth-order valence-corrected chi connectivity index (χ4v) is 3.15. The molecule has 1 amide bonds. The van der Waals surface area contributed by atoms with Crippen molar-refractivity contribution >= 4 is 18.3 Å². The Morgan fingerprint density at radius 1 is 1.27 bits per heavy atom. The molecule has 1 saturated heterocycles. The van der Waals surface area contributed by atoms with E-state index >= 15 is 0 Å². The minimum absolute atomic E-state index is 0. The number of aliphatic hydroxyl groups is 1. The van der Waals surface area contributed by atoms with Crippen molar-refractivity contribution in [1.82, 2.24) is 10.6 Å². The Labute approximate surface area is 162 Å². The number of rotatable bonds is 8. The third-order valence-electron chi connectivity index (χ3n) is 4.56. The first kappa shape index (κ1) is 22.7. The standard InChI is InChI=1S/C19H30N2O4.ClH/c1-14(2)25-16-6-4-15(5-7-16)17(22)12-21-18(23)19(13-24-3)8-10-20-11-9-19;/h4-7,14,17,20,22H,8-13H2,1-3H3,(H,21,23);1H. The summed E-state index contributed by atoms with van der Waals surface area (Å²) in [7, 11) is 1.62. The first-order chi connectivity index (χ1) is 12.0. The number of benzene rings is 1. The maximum absolute atomic E-state index is 12.7. The number of piperidine rings is 1. The van der Waals surface area contributed by atoms with Crippen LogP contribution in [-0.4, -0.2) is 50.5 Å². The number of carbonyl (C=O) groups is 1. The van der Waals surface area contributed by atoms with Crippen LogP contribution in [0.5, 0.6) is 5.75 Å². The van der Waals surface area contributed by atoms with Crippen LogP contribution in [-0.2, 0) is 9.53 Å². The molecule has 1 aromatic carbocycles. The molecule has 1 unspecified atom stereocenters. The van der Waals surface area contributed by atoms with E-state index in [1.54, 1.807) is 7.11 Å². The van der Waals surface area contributed by atoms with Crippen LogP contribution in [0.1, 0.15) is 38.4 Å². The van der Waals surface area contributed by atoms with Crippen LogP contribution < -0.4 is 15.4 Å². The Balaban J connectivity index is 0.00000338. The first-order valence-electron chi connectivity index (χ1n) is 8.89. The van der Waals surface area contributed by atoms with Gasteiger partial charge >= 0.3 is 0 Å². The molecule has 1 aliphatic heterocycles. The monoisotopic (exact) mass is 386 g/mol. The molecule has 148 valence electrons. The lowest BCUT2D eigenvalue weighted by Gasteiger charge is -2.35. The second kappa shape index (κ2) is 10.7. The molecule has 0 spiro atoms. The topological polar surface area (TPSA) is 79.8 Å². The summed E-state index contributed by atoms with van der Waals surface area (Å²) >= 11 is 0. The number of amides is 1. The highest BCUT2D eigenvalue weighted by atomic mass is 35.5. The molecule has 1 aromatic rings. The van der Waals surface area contributed by atoms with Crippen molar-refractivity contribution < 1.29 is 19.4 Å². The number of methoxy groups -OCH3 is 1. The minimum Gasteiger partial charge on any atom is -0.491 e. The Morgan fingerprint density at radius 3 is 2.42 bits per heavy atom. The van der Waals surface area contributed by atoms with E-state index < -0.39 is 11.5 Å². The van der Waals surface area contributed by atoms with E-state index in [-0.39, 0.29) is 31.0 Å². The number of aliphatic hydroxyl groups excluding tert-OH is 1. The Morgan fingerprint density at radius 2 is 1.88 bits per heavy atom. The van der Waals surface area contributed by atoms with E-state index in [1.165, 1.54) is 0 Å². The average Bonchev–Trinajstić information content (AvgIpc) is 2.60. The maximum atomic E-state index is 12.7. The lowest BCUT2D eigenvalue weighted by molar-refractivity contribution is -0.136. The predicted octanol–water partition coefficient (Wildman–Crippen LogP) is 2.06. The fraction of sp³-hybridized carbons (Fsp3) is 0.632. The number of carbonyl (C=O) groups excluding carboxylic acids is 1. The van der Waals surface area contributed by atoms with Crippen molar-refractivity contribution in [1.29, 1.82) is 0 Å². The van der Waals surface area contributed by atoms with Crippen LogP contribution in [0.4, 0.5) is 0 Å². The van der Waals surface area contributed by atoms with Gasteiger partial charge < -0.3 is 25.2 Å². The van der Waals surface area contributed by atoms with E-state index in [2.05, 4.69) is 10.6 Å². The van der Waals surface area contributed by atoms with Gasteiger partial charge in [0.1, 0.15) is 5.75 Å². The van der Waals surface area contributed by atoms with E-state index in [9.17, 15) is 9.90 Å². The van der Waals surface area contributed by atoms with Crippen molar-refractivity contribution in [2.75, 3.05) is 33.4 Å². The van der Waals surface area contributed by atoms with E-state index in [0.717, 1.165) is 37.2 Å². The summed E-state index contributed by atoms with van der Waals surface area (Å²) in [5.74, 6) is 0.721. The maximum Gasteiger partial charge on any atom is 0.228 e. The van der Waals surface area contributed by atoms with Gasteiger partial charge in [-0.3, -0.25) is 4.79 Å². The number of nitrogens with one attached hydrogen (secondary N) is 2. The summed E-state index contributed by atoms with van der Waals surface area (Å²) in [4.78, 5) is 12.7. The highest BCUT2D eigenvalue weighted by Crippen LogP contribution is 2.29. The van der Waals surface area contributed by atoms with Crippen LogP contribution in [0.15, 0.2) is 24.3 Å². The normalized spacial score (nSPS) is 17.3. The van der Waals surface area contributed by atoms with Gasteiger partial charge in [-0.15, -0.1) is 12.4 Å². The van der Waals surface area contributed by atoms with Crippen molar-refractivity contribution in [2.24, 2.45) is 5.41 Å². The summed E-state index contributed by atoms with van der Waals surface area (Å²) in [5.41, 5.74) is 0.247. The summed E-state index contributed by atoms with van der Waals surface area (Å²) in [6.07, 6.45) is 0.837. The summed E-state index contributed by atoms with van der Waals surface area (Å²) in [5, 5.41) is 16.5. The molecule has 0 aromatic heterocycles. The molecule has 1 heterocycles. The second-order valence-electron chi connectivity index (χ2n) is 6.92.